The summed E-state index contributed by atoms with van der Waals surface area (Å²) in [6.07, 6.45) is 3.48. The molecular formula is C15H23ClN2O. The summed E-state index contributed by atoms with van der Waals surface area (Å²) in [5.41, 5.74) is 7.95. The fourth-order valence-corrected chi connectivity index (χ4v) is 2.42. The minimum atomic E-state index is 0.614. The molecule has 1 aliphatic carbocycles. The van der Waals surface area contributed by atoms with Gasteiger partial charge in [0.15, 0.2) is 0 Å². The lowest BCUT2D eigenvalue weighted by molar-refractivity contribution is 0.131. The molecule has 2 N–H and O–H groups in total. The van der Waals surface area contributed by atoms with Crippen LogP contribution in [-0.4, -0.2) is 33.4 Å². The van der Waals surface area contributed by atoms with E-state index in [9.17, 15) is 0 Å². The summed E-state index contributed by atoms with van der Waals surface area (Å²) < 4.78 is 5.68. The van der Waals surface area contributed by atoms with Crippen molar-refractivity contribution in [2.24, 2.45) is 11.7 Å². The van der Waals surface area contributed by atoms with Gasteiger partial charge < -0.3 is 15.4 Å². The highest BCUT2D eigenvalue weighted by molar-refractivity contribution is 6.31. The number of benzene rings is 1. The molecule has 0 heterocycles. The van der Waals surface area contributed by atoms with Crippen LogP contribution in [0.2, 0.25) is 5.02 Å². The van der Waals surface area contributed by atoms with Crippen LogP contribution in [-0.2, 0) is 11.2 Å². The molecule has 1 aromatic rings. The van der Waals surface area contributed by atoms with E-state index in [4.69, 9.17) is 22.1 Å². The second-order valence-electron chi connectivity index (χ2n) is 5.22. The maximum atomic E-state index is 6.25. The lowest BCUT2D eigenvalue weighted by atomic mass is 10.1. The Morgan fingerprint density at radius 3 is 2.89 bits per heavy atom. The van der Waals surface area contributed by atoms with Crippen molar-refractivity contribution in [3.63, 3.8) is 0 Å². The van der Waals surface area contributed by atoms with E-state index in [0.29, 0.717) is 6.54 Å². The maximum Gasteiger partial charge on any atom is 0.0641 e. The van der Waals surface area contributed by atoms with Gasteiger partial charge in [0, 0.05) is 30.9 Å². The van der Waals surface area contributed by atoms with E-state index >= 15 is 0 Å². The molecule has 0 radical (unpaired) electrons. The number of halogens is 1. The van der Waals surface area contributed by atoms with E-state index in [0.717, 1.165) is 48.4 Å². The number of anilines is 1. The number of rotatable bonds is 8. The molecule has 0 unspecified atom stereocenters. The molecule has 1 saturated carbocycles. The maximum absolute atomic E-state index is 6.25. The zero-order chi connectivity index (χ0) is 13.7. The number of ether oxygens (including phenoxy) is 1. The van der Waals surface area contributed by atoms with Crippen LogP contribution in [0.25, 0.3) is 0 Å². The fourth-order valence-electron chi connectivity index (χ4n) is 2.15. The third kappa shape index (κ3) is 4.37. The molecule has 0 amide bonds. The van der Waals surface area contributed by atoms with Crippen molar-refractivity contribution in [3.8, 4) is 0 Å². The SMILES string of the molecule is CN(CCOCC1CC1)c1cccc(Cl)c1CCN. The van der Waals surface area contributed by atoms with Crippen LogP contribution in [0.1, 0.15) is 18.4 Å². The molecule has 3 nitrogen and oxygen atoms in total. The monoisotopic (exact) mass is 282 g/mol. The number of nitrogens with zero attached hydrogens (tertiary/aromatic N) is 1. The smallest absolute Gasteiger partial charge is 0.0641 e. The van der Waals surface area contributed by atoms with Crippen molar-refractivity contribution in [3.05, 3.63) is 28.8 Å². The summed E-state index contributed by atoms with van der Waals surface area (Å²) in [6.45, 7) is 3.17. The highest BCUT2D eigenvalue weighted by atomic mass is 35.5. The molecule has 1 fully saturated rings. The van der Waals surface area contributed by atoms with Gasteiger partial charge in [-0.2, -0.15) is 0 Å². The van der Waals surface area contributed by atoms with Crippen LogP contribution in [0.5, 0.6) is 0 Å². The lowest BCUT2D eigenvalue weighted by Gasteiger charge is -2.23. The van der Waals surface area contributed by atoms with Gasteiger partial charge in [-0.3, -0.25) is 0 Å². The quantitative estimate of drug-likeness (QED) is 0.745. The van der Waals surface area contributed by atoms with Gasteiger partial charge in [0.05, 0.1) is 6.61 Å². The molecule has 19 heavy (non-hydrogen) atoms. The summed E-state index contributed by atoms with van der Waals surface area (Å²) >= 11 is 6.25. The first-order chi connectivity index (χ1) is 9.22. The first-order valence-corrected chi connectivity index (χ1v) is 7.36. The molecule has 4 heteroatoms. The highest BCUT2D eigenvalue weighted by Crippen LogP contribution is 2.29. The minimum absolute atomic E-state index is 0.614. The Balaban J connectivity index is 1.88. The van der Waals surface area contributed by atoms with Crippen molar-refractivity contribution in [1.29, 1.82) is 0 Å². The largest absolute Gasteiger partial charge is 0.379 e. The Hall–Kier alpha value is -0.770. The van der Waals surface area contributed by atoms with E-state index in [1.54, 1.807) is 0 Å². The number of nitrogens with two attached hydrogens (primary N) is 1. The fraction of sp³-hybridized carbons (Fsp3) is 0.600. The van der Waals surface area contributed by atoms with Crippen LogP contribution in [0, 0.1) is 5.92 Å². The first-order valence-electron chi connectivity index (χ1n) is 6.98. The summed E-state index contributed by atoms with van der Waals surface area (Å²) in [6, 6.07) is 6.00. The molecule has 2 rings (SSSR count). The van der Waals surface area contributed by atoms with Crippen LogP contribution in [0.4, 0.5) is 5.69 Å². The molecule has 0 saturated heterocycles. The highest BCUT2D eigenvalue weighted by Gasteiger charge is 2.21. The summed E-state index contributed by atoms with van der Waals surface area (Å²) in [4.78, 5) is 2.20. The zero-order valence-corrected chi connectivity index (χ0v) is 12.3. The molecule has 0 spiro atoms. The van der Waals surface area contributed by atoms with Crippen molar-refractivity contribution in [2.45, 2.75) is 19.3 Å². The van der Waals surface area contributed by atoms with Crippen LogP contribution in [0.15, 0.2) is 18.2 Å². The summed E-state index contributed by atoms with van der Waals surface area (Å²) in [5.74, 6) is 0.823. The van der Waals surface area contributed by atoms with E-state index in [1.807, 2.05) is 12.1 Å². The third-order valence-electron chi connectivity index (χ3n) is 3.52. The molecule has 0 bridgehead atoms. The second-order valence-corrected chi connectivity index (χ2v) is 5.62. The van der Waals surface area contributed by atoms with Gasteiger partial charge >= 0.3 is 0 Å². The van der Waals surface area contributed by atoms with E-state index in [2.05, 4.69) is 18.0 Å². The molecule has 1 aliphatic rings. The third-order valence-corrected chi connectivity index (χ3v) is 3.88. The van der Waals surface area contributed by atoms with Gasteiger partial charge in [0.1, 0.15) is 0 Å². The standard InChI is InChI=1S/C15H23ClN2O/c1-18(9-10-19-11-12-5-6-12)15-4-2-3-14(16)13(15)7-8-17/h2-4,12H,5-11,17H2,1H3. The number of hydrogen-bond acceptors (Lipinski definition) is 3. The Bertz CT molecular complexity index is 407. The summed E-state index contributed by atoms with van der Waals surface area (Å²) in [5, 5.41) is 0.800. The Kier molecular flexibility index (Phi) is 5.49. The van der Waals surface area contributed by atoms with Gasteiger partial charge in [0.25, 0.3) is 0 Å². The van der Waals surface area contributed by atoms with Gasteiger partial charge in [0.2, 0.25) is 0 Å². The van der Waals surface area contributed by atoms with Crippen molar-refractivity contribution in [1.82, 2.24) is 0 Å². The zero-order valence-electron chi connectivity index (χ0n) is 11.6. The first kappa shape index (κ1) is 14.6. The van der Waals surface area contributed by atoms with Crippen LogP contribution < -0.4 is 10.6 Å². The molecular weight excluding hydrogens is 260 g/mol. The topological polar surface area (TPSA) is 38.5 Å². The Morgan fingerprint density at radius 2 is 2.21 bits per heavy atom. The van der Waals surface area contributed by atoms with E-state index in [-0.39, 0.29) is 0 Å². The normalized spacial score (nSPS) is 14.7. The lowest BCUT2D eigenvalue weighted by Crippen LogP contribution is -2.24. The number of hydrogen-bond donors (Lipinski definition) is 1. The molecule has 106 valence electrons. The molecule has 0 atom stereocenters. The van der Waals surface area contributed by atoms with Gasteiger partial charge in [-0.25, -0.2) is 0 Å². The van der Waals surface area contributed by atoms with Gasteiger partial charge in [-0.1, -0.05) is 17.7 Å². The number of likely N-dealkylation sites (N-methyl/N-ethyl adjacent to an activating group) is 1. The van der Waals surface area contributed by atoms with Crippen molar-refractivity contribution >= 4 is 17.3 Å². The van der Waals surface area contributed by atoms with Crippen LogP contribution in [0.3, 0.4) is 0 Å². The Labute approximate surface area is 120 Å². The predicted molar refractivity (Wildman–Crippen MR) is 81.0 cm³/mol. The molecule has 0 aromatic heterocycles. The molecule has 1 aromatic carbocycles. The average Bonchev–Trinajstić information content (AvgIpc) is 3.21. The van der Waals surface area contributed by atoms with Gasteiger partial charge in [-0.15, -0.1) is 0 Å². The molecule has 0 aliphatic heterocycles. The van der Waals surface area contributed by atoms with E-state index in [1.165, 1.54) is 12.8 Å². The summed E-state index contributed by atoms with van der Waals surface area (Å²) in [7, 11) is 2.08. The van der Waals surface area contributed by atoms with Gasteiger partial charge in [-0.05, 0) is 49.4 Å². The Morgan fingerprint density at radius 1 is 1.42 bits per heavy atom. The van der Waals surface area contributed by atoms with Crippen LogP contribution >= 0.6 is 11.6 Å². The minimum Gasteiger partial charge on any atom is -0.379 e. The second kappa shape index (κ2) is 7.13. The van der Waals surface area contributed by atoms with Crippen molar-refractivity contribution < 1.29 is 4.74 Å². The van der Waals surface area contributed by atoms with E-state index < -0.39 is 0 Å². The average molecular weight is 283 g/mol. The van der Waals surface area contributed by atoms with Crippen molar-refractivity contribution in [2.75, 3.05) is 38.3 Å². The predicted octanol–water partition coefficient (Wildman–Crippen LogP) is 2.70.